The molecule has 1 aromatic heterocycles. The van der Waals surface area contributed by atoms with Gasteiger partial charge in [0.05, 0.1) is 11.1 Å². The van der Waals surface area contributed by atoms with Gasteiger partial charge in [0.1, 0.15) is 0 Å². The normalized spacial score (nSPS) is 16.1. The van der Waals surface area contributed by atoms with Crippen LogP contribution in [0.25, 0.3) is 10.9 Å². The van der Waals surface area contributed by atoms with Crippen LogP contribution in [0.4, 0.5) is 0 Å². The molecule has 0 atom stereocenters. The highest BCUT2D eigenvalue weighted by Crippen LogP contribution is 2.39. The number of aromatic nitrogens is 2. The highest BCUT2D eigenvalue weighted by molar-refractivity contribution is 5.94. The van der Waals surface area contributed by atoms with E-state index in [0.717, 1.165) is 10.9 Å². The number of hydrogen-bond donors (Lipinski definition) is 1. The molecule has 0 spiro atoms. The Balaban J connectivity index is 2.21. The predicted octanol–water partition coefficient (Wildman–Crippen LogP) is 2.54. The van der Waals surface area contributed by atoms with Gasteiger partial charge in [-0.05, 0) is 31.0 Å². The van der Waals surface area contributed by atoms with Crippen molar-refractivity contribution < 1.29 is 9.90 Å². The highest BCUT2D eigenvalue weighted by atomic mass is 16.4. The van der Waals surface area contributed by atoms with Crippen LogP contribution in [0.5, 0.6) is 0 Å². The zero-order valence-corrected chi connectivity index (χ0v) is 9.68. The van der Waals surface area contributed by atoms with Gasteiger partial charge in [-0.2, -0.15) is 5.10 Å². The van der Waals surface area contributed by atoms with Crippen LogP contribution in [-0.4, -0.2) is 20.9 Å². The molecule has 2 aromatic rings. The molecule has 1 aliphatic rings. The lowest BCUT2D eigenvalue weighted by Gasteiger charge is -2.25. The molecule has 1 saturated carbocycles. The maximum atomic E-state index is 11.0. The van der Waals surface area contributed by atoms with E-state index in [2.05, 4.69) is 5.10 Å². The molecule has 17 heavy (non-hydrogen) atoms. The Morgan fingerprint density at radius 1 is 1.47 bits per heavy atom. The van der Waals surface area contributed by atoms with Crippen molar-refractivity contribution in [2.24, 2.45) is 7.05 Å². The summed E-state index contributed by atoms with van der Waals surface area (Å²) < 4.78 is 1.90. The minimum atomic E-state index is -0.879. The molecular weight excluding hydrogens is 216 g/mol. The lowest BCUT2D eigenvalue weighted by Crippen LogP contribution is -2.13. The number of rotatable bonds is 2. The molecule has 0 bridgehead atoms. The molecule has 1 fully saturated rings. The first kappa shape index (κ1) is 10.3. The molecule has 88 valence electrons. The Morgan fingerprint density at radius 3 is 2.82 bits per heavy atom. The van der Waals surface area contributed by atoms with Gasteiger partial charge in [-0.25, -0.2) is 4.79 Å². The molecule has 1 aromatic carbocycles. The third kappa shape index (κ3) is 1.52. The van der Waals surface area contributed by atoms with Gasteiger partial charge in [-0.15, -0.1) is 0 Å². The Morgan fingerprint density at radius 2 is 2.24 bits per heavy atom. The highest BCUT2D eigenvalue weighted by Gasteiger charge is 2.25. The first-order valence-corrected chi connectivity index (χ1v) is 5.87. The standard InChI is InChI=1S/C13H14N2O2/c1-15-12(8-3-2-4-8)10-7-9(13(16)17)5-6-11(10)14-15/h5-8H,2-4H2,1H3,(H,16,17). The molecule has 0 aliphatic heterocycles. The minimum Gasteiger partial charge on any atom is -0.478 e. The summed E-state index contributed by atoms with van der Waals surface area (Å²) in [6.07, 6.45) is 3.63. The maximum Gasteiger partial charge on any atom is 0.335 e. The second-order valence-corrected chi connectivity index (χ2v) is 4.67. The van der Waals surface area contributed by atoms with Crippen LogP contribution in [-0.2, 0) is 7.05 Å². The van der Waals surface area contributed by atoms with E-state index in [9.17, 15) is 4.79 Å². The fourth-order valence-electron chi connectivity index (χ4n) is 2.52. The maximum absolute atomic E-state index is 11.0. The molecule has 4 heteroatoms. The second-order valence-electron chi connectivity index (χ2n) is 4.67. The van der Waals surface area contributed by atoms with Gasteiger partial charge < -0.3 is 5.11 Å². The summed E-state index contributed by atoms with van der Waals surface area (Å²) >= 11 is 0. The quantitative estimate of drug-likeness (QED) is 0.862. The van der Waals surface area contributed by atoms with Crippen LogP contribution >= 0.6 is 0 Å². The average Bonchev–Trinajstić information content (AvgIpc) is 2.53. The van der Waals surface area contributed by atoms with Crippen molar-refractivity contribution in [1.29, 1.82) is 0 Å². The SMILES string of the molecule is Cn1nc2ccc(C(=O)O)cc2c1C1CCC1. The molecular formula is C13H14N2O2. The second kappa shape index (κ2) is 3.58. The molecule has 0 unspecified atom stereocenters. The molecule has 1 aliphatic carbocycles. The van der Waals surface area contributed by atoms with Gasteiger partial charge in [0.25, 0.3) is 0 Å². The largest absolute Gasteiger partial charge is 0.478 e. The van der Waals surface area contributed by atoms with E-state index in [4.69, 9.17) is 5.11 Å². The number of fused-ring (bicyclic) bond motifs is 1. The fraction of sp³-hybridized carbons (Fsp3) is 0.385. The van der Waals surface area contributed by atoms with Gasteiger partial charge >= 0.3 is 5.97 Å². The summed E-state index contributed by atoms with van der Waals surface area (Å²) in [5.41, 5.74) is 2.42. The summed E-state index contributed by atoms with van der Waals surface area (Å²) in [6, 6.07) is 5.15. The minimum absolute atomic E-state index is 0.339. The van der Waals surface area contributed by atoms with Crippen molar-refractivity contribution in [1.82, 2.24) is 9.78 Å². The zero-order valence-electron chi connectivity index (χ0n) is 9.68. The Kier molecular flexibility index (Phi) is 2.18. The summed E-state index contributed by atoms with van der Waals surface area (Å²) in [7, 11) is 1.94. The number of carbonyl (C=O) groups is 1. The summed E-state index contributed by atoms with van der Waals surface area (Å²) in [4.78, 5) is 11.0. The van der Waals surface area contributed by atoms with Crippen molar-refractivity contribution in [3.05, 3.63) is 29.5 Å². The summed E-state index contributed by atoms with van der Waals surface area (Å²) in [5.74, 6) is -0.329. The van der Waals surface area contributed by atoms with E-state index in [0.29, 0.717) is 11.5 Å². The molecule has 4 nitrogen and oxygen atoms in total. The fourth-order valence-corrected chi connectivity index (χ4v) is 2.52. The van der Waals surface area contributed by atoms with Crippen LogP contribution in [0.2, 0.25) is 0 Å². The Bertz CT molecular complexity index is 597. The van der Waals surface area contributed by atoms with Gasteiger partial charge in [0.2, 0.25) is 0 Å². The Labute approximate surface area is 98.9 Å². The predicted molar refractivity (Wildman–Crippen MR) is 64.3 cm³/mol. The number of carboxylic acid groups (broad SMARTS) is 1. The topological polar surface area (TPSA) is 55.1 Å². The van der Waals surface area contributed by atoms with Crippen LogP contribution < -0.4 is 0 Å². The third-order valence-electron chi connectivity index (χ3n) is 3.62. The van der Waals surface area contributed by atoms with Crippen molar-refractivity contribution in [3.8, 4) is 0 Å². The Hall–Kier alpha value is -1.84. The van der Waals surface area contributed by atoms with Gasteiger partial charge in [0.15, 0.2) is 0 Å². The first-order chi connectivity index (χ1) is 8.16. The number of benzene rings is 1. The van der Waals surface area contributed by atoms with Crippen LogP contribution in [0, 0.1) is 0 Å². The number of aromatic carboxylic acids is 1. The monoisotopic (exact) mass is 230 g/mol. The van der Waals surface area contributed by atoms with Crippen molar-refractivity contribution in [2.45, 2.75) is 25.2 Å². The summed E-state index contributed by atoms with van der Waals surface area (Å²) in [5, 5.41) is 14.5. The van der Waals surface area contributed by atoms with Crippen LogP contribution in [0.1, 0.15) is 41.2 Å². The molecule has 1 N–H and O–H groups in total. The first-order valence-electron chi connectivity index (χ1n) is 5.87. The lowest BCUT2D eigenvalue weighted by atomic mass is 9.81. The van der Waals surface area contributed by atoms with Crippen molar-refractivity contribution in [2.75, 3.05) is 0 Å². The zero-order chi connectivity index (χ0) is 12.0. The number of carboxylic acids is 1. The van der Waals surface area contributed by atoms with E-state index in [1.165, 1.54) is 25.0 Å². The molecule has 0 amide bonds. The number of hydrogen-bond acceptors (Lipinski definition) is 2. The van der Waals surface area contributed by atoms with Crippen LogP contribution in [0.3, 0.4) is 0 Å². The number of aryl methyl sites for hydroxylation is 1. The average molecular weight is 230 g/mol. The van der Waals surface area contributed by atoms with Gasteiger partial charge in [0, 0.05) is 24.0 Å². The van der Waals surface area contributed by atoms with Gasteiger partial charge in [-0.1, -0.05) is 6.42 Å². The third-order valence-corrected chi connectivity index (χ3v) is 3.62. The van der Waals surface area contributed by atoms with E-state index in [-0.39, 0.29) is 0 Å². The van der Waals surface area contributed by atoms with E-state index >= 15 is 0 Å². The van der Waals surface area contributed by atoms with Gasteiger partial charge in [-0.3, -0.25) is 4.68 Å². The smallest absolute Gasteiger partial charge is 0.335 e. The lowest BCUT2D eigenvalue weighted by molar-refractivity contribution is 0.0697. The number of nitrogens with zero attached hydrogens (tertiary/aromatic N) is 2. The molecule has 0 radical (unpaired) electrons. The van der Waals surface area contributed by atoms with E-state index in [1.54, 1.807) is 18.2 Å². The van der Waals surface area contributed by atoms with Crippen molar-refractivity contribution >= 4 is 16.9 Å². The van der Waals surface area contributed by atoms with Crippen LogP contribution in [0.15, 0.2) is 18.2 Å². The van der Waals surface area contributed by atoms with E-state index in [1.807, 2.05) is 11.7 Å². The molecule has 3 rings (SSSR count). The molecule has 1 heterocycles. The molecule has 0 saturated heterocycles. The van der Waals surface area contributed by atoms with E-state index < -0.39 is 5.97 Å². The van der Waals surface area contributed by atoms with Crippen molar-refractivity contribution in [3.63, 3.8) is 0 Å². The summed E-state index contributed by atoms with van der Waals surface area (Å²) in [6.45, 7) is 0.